The van der Waals surface area contributed by atoms with Gasteiger partial charge in [-0.05, 0) is 56.4 Å². The predicted molar refractivity (Wildman–Crippen MR) is 145 cm³/mol. The van der Waals surface area contributed by atoms with Crippen LogP contribution < -0.4 is 10.9 Å². The van der Waals surface area contributed by atoms with Gasteiger partial charge in [-0.1, -0.05) is 30.7 Å². The summed E-state index contributed by atoms with van der Waals surface area (Å²) in [5, 5.41) is 15.5. The average molecular weight is 540 g/mol. The molecule has 1 aromatic carbocycles. The van der Waals surface area contributed by atoms with Gasteiger partial charge in [0.25, 0.3) is 5.56 Å². The fraction of sp³-hybridized carbons (Fsp3) is 0.536. The van der Waals surface area contributed by atoms with E-state index in [1.165, 1.54) is 10.9 Å². The van der Waals surface area contributed by atoms with Crippen molar-refractivity contribution in [2.75, 3.05) is 26.2 Å². The lowest BCUT2D eigenvalue weighted by Crippen LogP contribution is -2.51. The number of aliphatic hydroxyl groups is 1. The number of ether oxygens (including phenoxy) is 1. The van der Waals surface area contributed by atoms with Crippen LogP contribution >= 0.6 is 11.6 Å². The number of carbonyl (C=O) groups excluding carboxylic acids is 1. The number of likely N-dealkylation sites (tertiary alicyclic amines) is 1. The van der Waals surface area contributed by atoms with E-state index in [2.05, 4.69) is 10.3 Å². The van der Waals surface area contributed by atoms with Crippen molar-refractivity contribution in [3.8, 4) is 5.69 Å². The van der Waals surface area contributed by atoms with Crippen molar-refractivity contribution in [3.63, 3.8) is 0 Å². The first-order valence-corrected chi connectivity index (χ1v) is 13.8. The lowest BCUT2D eigenvalue weighted by atomic mass is 9.90. The highest BCUT2D eigenvalue weighted by Crippen LogP contribution is 2.47. The first-order chi connectivity index (χ1) is 18.2. The molecule has 4 heterocycles. The molecular formula is C28H34ClN5O4. The second kappa shape index (κ2) is 9.48. The monoisotopic (exact) mass is 539 g/mol. The average Bonchev–Trinajstić information content (AvgIpc) is 3.57. The van der Waals surface area contributed by atoms with E-state index in [-0.39, 0.29) is 35.6 Å². The fourth-order valence-corrected chi connectivity index (χ4v) is 5.87. The zero-order valence-corrected chi connectivity index (χ0v) is 22.6. The Labute approximate surface area is 226 Å². The molecule has 2 N–H and O–H groups in total. The molecule has 10 heteroatoms. The summed E-state index contributed by atoms with van der Waals surface area (Å²) in [5.74, 6) is 0.182. The molecule has 6 rings (SSSR count). The van der Waals surface area contributed by atoms with Crippen molar-refractivity contribution in [3.05, 3.63) is 57.7 Å². The third kappa shape index (κ3) is 4.66. The smallest absolute Gasteiger partial charge is 0.262 e. The van der Waals surface area contributed by atoms with Gasteiger partial charge in [0.15, 0.2) is 5.65 Å². The number of morpholine rings is 1. The molecule has 38 heavy (non-hydrogen) atoms. The molecule has 0 spiro atoms. The van der Waals surface area contributed by atoms with E-state index in [9.17, 15) is 14.7 Å². The lowest BCUT2D eigenvalue weighted by Gasteiger charge is -2.39. The molecule has 3 aromatic rings. The Morgan fingerprint density at radius 1 is 1.21 bits per heavy atom. The summed E-state index contributed by atoms with van der Waals surface area (Å²) in [5.41, 5.74) is 0.870. The molecule has 3 aliphatic rings. The molecule has 0 bridgehead atoms. The van der Waals surface area contributed by atoms with Crippen LogP contribution in [-0.2, 0) is 16.1 Å². The van der Waals surface area contributed by atoms with Crippen molar-refractivity contribution >= 4 is 28.5 Å². The quantitative estimate of drug-likeness (QED) is 0.517. The third-order valence-electron chi connectivity index (χ3n) is 8.46. The summed E-state index contributed by atoms with van der Waals surface area (Å²) in [4.78, 5) is 32.5. The Morgan fingerprint density at radius 2 is 1.92 bits per heavy atom. The first kappa shape index (κ1) is 25.6. The number of hydrogen-bond donors (Lipinski definition) is 2. The van der Waals surface area contributed by atoms with Crippen LogP contribution in [0.5, 0.6) is 0 Å². The van der Waals surface area contributed by atoms with Crippen LogP contribution in [0.25, 0.3) is 16.7 Å². The maximum Gasteiger partial charge on any atom is 0.262 e. The van der Waals surface area contributed by atoms with E-state index in [0.717, 1.165) is 30.6 Å². The number of nitrogens with zero attached hydrogens (tertiary/aromatic N) is 4. The van der Waals surface area contributed by atoms with Crippen LogP contribution in [-0.4, -0.2) is 68.0 Å². The number of aromatic nitrogens is 3. The number of piperidine rings is 1. The van der Waals surface area contributed by atoms with Gasteiger partial charge in [0.1, 0.15) is 11.5 Å². The molecule has 0 radical (unpaired) electrons. The molecule has 202 valence electrons. The minimum Gasteiger partial charge on any atom is -0.388 e. The number of rotatable bonds is 5. The molecule has 1 unspecified atom stereocenters. The van der Waals surface area contributed by atoms with Gasteiger partial charge in [-0.25, -0.2) is 4.98 Å². The molecule has 1 amide bonds. The Bertz CT molecular complexity index is 1410. The number of halogens is 1. The van der Waals surface area contributed by atoms with Crippen molar-refractivity contribution < 1.29 is 14.6 Å². The SMILES string of the molecule is C[C@H]1CNC(c2ccc(-n3c(Cl)cc4c(=O)n(CC5(O)CCN(C(=O)C6(C)CC6)CC5)cnc43)cc2)CO1. The van der Waals surface area contributed by atoms with Crippen LogP contribution in [0.15, 0.2) is 41.5 Å². The van der Waals surface area contributed by atoms with Crippen LogP contribution in [0.3, 0.4) is 0 Å². The molecule has 2 atom stereocenters. The summed E-state index contributed by atoms with van der Waals surface area (Å²) in [6.45, 7) is 6.60. The molecular weight excluding hydrogens is 506 g/mol. The van der Waals surface area contributed by atoms with E-state index in [0.29, 0.717) is 48.7 Å². The van der Waals surface area contributed by atoms with Crippen molar-refractivity contribution in [1.82, 2.24) is 24.3 Å². The number of carbonyl (C=O) groups is 1. The van der Waals surface area contributed by atoms with E-state index < -0.39 is 5.60 Å². The predicted octanol–water partition coefficient (Wildman–Crippen LogP) is 3.04. The van der Waals surface area contributed by atoms with E-state index in [1.54, 1.807) is 10.6 Å². The maximum absolute atomic E-state index is 13.4. The standard InChI is InChI=1S/C28H34ClN5O4/c1-18-14-30-22(15-38-18)19-3-5-20(6-4-19)34-23(29)13-21-24(34)31-17-33(25(21)35)16-28(37)9-11-32(12-10-28)26(36)27(2)7-8-27/h3-6,13,17-18,22,30,37H,7-12,14-16H2,1-2H3/t18-,22?/m0/s1. The van der Waals surface area contributed by atoms with Gasteiger partial charge in [0, 0.05) is 30.7 Å². The number of benzene rings is 1. The lowest BCUT2D eigenvalue weighted by molar-refractivity contribution is -0.141. The number of nitrogens with one attached hydrogen (secondary N) is 1. The van der Waals surface area contributed by atoms with Gasteiger partial charge >= 0.3 is 0 Å². The van der Waals surface area contributed by atoms with Gasteiger partial charge in [-0.2, -0.15) is 0 Å². The topological polar surface area (TPSA) is 102 Å². The van der Waals surface area contributed by atoms with E-state index in [1.807, 2.05) is 43.0 Å². The Morgan fingerprint density at radius 3 is 2.55 bits per heavy atom. The van der Waals surface area contributed by atoms with Crippen molar-refractivity contribution in [2.45, 2.75) is 63.8 Å². The minimum absolute atomic E-state index is 0.126. The second-order valence-corrected chi connectivity index (χ2v) is 11.9. The number of amides is 1. The summed E-state index contributed by atoms with van der Waals surface area (Å²) in [6, 6.07) is 9.77. The van der Waals surface area contributed by atoms with Crippen LogP contribution in [0.2, 0.25) is 5.15 Å². The first-order valence-electron chi connectivity index (χ1n) is 13.4. The Kier molecular flexibility index (Phi) is 6.38. The molecule has 1 aliphatic carbocycles. The second-order valence-electron chi connectivity index (χ2n) is 11.5. The fourth-order valence-electron chi connectivity index (χ4n) is 5.58. The van der Waals surface area contributed by atoms with Gasteiger partial charge in [0.05, 0.1) is 36.3 Å². The van der Waals surface area contributed by atoms with Gasteiger partial charge in [0.2, 0.25) is 5.91 Å². The molecule has 2 aromatic heterocycles. The summed E-state index contributed by atoms with van der Waals surface area (Å²) < 4.78 is 8.99. The maximum atomic E-state index is 13.4. The molecule has 3 fully saturated rings. The van der Waals surface area contributed by atoms with Gasteiger partial charge < -0.3 is 20.1 Å². The zero-order valence-electron chi connectivity index (χ0n) is 21.8. The van der Waals surface area contributed by atoms with Crippen molar-refractivity contribution in [1.29, 1.82) is 0 Å². The van der Waals surface area contributed by atoms with E-state index in [4.69, 9.17) is 16.3 Å². The highest BCUT2D eigenvalue weighted by Gasteiger charge is 2.48. The van der Waals surface area contributed by atoms with Crippen LogP contribution in [0.4, 0.5) is 0 Å². The van der Waals surface area contributed by atoms with Gasteiger partial charge in [-0.3, -0.25) is 18.7 Å². The summed E-state index contributed by atoms with van der Waals surface area (Å²) >= 11 is 6.59. The van der Waals surface area contributed by atoms with Crippen LogP contribution in [0, 0.1) is 5.41 Å². The molecule has 9 nitrogen and oxygen atoms in total. The Balaban J connectivity index is 1.20. The van der Waals surface area contributed by atoms with Gasteiger partial charge in [-0.15, -0.1) is 0 Å². The molecule has 2 saturated heterocycles. The Hall–Kier alpha value is -2.72. The zero-order chi connectivity index (χ0) is 26.7. The third-order valence-corrected chi connectivity index (χ3v) is 8.73. The summed E-state index contributed by atoms with van der Waals surface area (Å²) in [6.07, 6.45) is 4.41. The number of fused-ring (bicyclic) bond motifs is 1. The highest BCUT2D eigenvalue weighted by molar-refractivity contribution is 6.31. The number of hydrogen-bond acceptors (Lipinski definition) is 6. The molecule has 2 aliphatic heterocycles. The van der Waals surface area contributed by atoms with E-state index >= 15 is 0 Å². The molecule has 1 saturated carbocycles. The normalized spacial score (nSPS) is 24.5. The summed E-state index contributed by atoms with van der Waals surface area (Å²) in [7, 11) is 0. The highest BCUT2D eigenvalue weighted by atomic mass is 35.5. The van der Waals surface area contributed by atoms with Crippen LogP contribution in [0.1, 0.15) is 51.1 Å². The largest absolute Gasteiger partial charge is 0.388 e. The minimum atomic E-state index is -1.07. The van der Waals surface area contributed by atoms with Crippen molar-refractivity contribution in [2.24, 2.45) is 5.41 Å².